The summed E-state index contributed by atoms with van der Waals surface area (Å²) in [6.45, 7) is 4.08. The number of H-pyrrole nitrogens is 1. The molecule has 6 heteroatoms. The highest BCUT2D eigenvalue weighted by molar-refractivity contribution is 7.38. The van der Waals surface area contributed by atoms with Crippen molar-refractivity contribution in [2.75, 3.05) is 5.32 Å². The van der Waals surface area contributed by atoms with Crippen molar-refractivity contribution in [3.8, 4) is 11.1 Å². The first-order valence-corrected chi connectivity index (χ1v) is 11.6. The van der Waals surface area contributed by atoms with E-state index < -0.39 is 0 Å². The number of amidine groups is 1. The zero-order valence-electron chi connectivity index (χ0n) is 17.1. The molecule has 3 aromatic rings. The van der Waals surface area contributed by atoms with Crippen molar-refractivity contribution >= 4 is 25.9 Å². The molecule has 1 saturated carbocycles. The maximum Gasteiger partial charge on any atom is 0.154 e. The van der Waals surface area contributed by atoms with Gasteiger partial charge in [0.2, 0.25) is 0 Å². The fourth-order valence-electron chi connectivity index (χ4n) is 3.81. The fourth-order valence-corrected chi connectivity index (χ4v) is 5.37. The number of hydrogen-bond acceptors (Lipinski definition) is 3. The third-order valence-corrected chi connectivity index (χ3v) is 7.18. The van der Waals surface area contributed by atoms with Crippen molar-refractivity contribution in [1.82, 2.24) is 15.2 Å². The average molecular weight is 405 g/mol. The Labute approximate surface area is 174 Å². The summed E-state index contributed by atoms with van der Waals surface area (Å²) in [6, 6.07) is 10.6. The number of aromatic nitrogens is 3. The third-order valence-electron chi connectivity index (χ3n) is 5.42. The molecule has 0 aliphatic heterocycles. The first-order chi connectivity index (χ1) is 14.2. The molecular weight excluding hydrogens is 377 g/mol. The fraction of sp³-hybridized carbons (Fsp3) is 0.348. The largest absolute Gasteiger partial charge is 0.344 e. The number of pyridine rings is 1. The molecule has 2 aromatic heterocycles. The summed E-state index contributed by atoms with van der Waals surface area (Å²) in [7, 11) is 1.02. The first kappa shape index (κ1) is 19.8. The third kappa shape index (κ3) is 5.30. The van der Waals surface area contributed by atoms with Crippen molar-refractivity contribution < 1.29 is 0 Å². The quantitative estimate of drug-likeness (QED) is 0.297. The molecule has 1 aliphatic rings. The lowest BCUT2D eigenvalue weighted by atomic mass is 10.1. The van der Waals surface area contributed by atoms with Gasteiger partial charge in [-0.25, -0.2) is 9.98 Å². The second kappa shape index (κ2) is 9.32. The van der Waals surface area contributed by atoms with E-state index in [4.69, 9.17) is 4.99 Å². The molecule has 5 nitrogen and oxygen atoms in total. The summed E-state index contributed by atoms with van der Waals surface area (Å²) in [4.78, 5) is 9.13. The van der Waals surface area contributed by atoms with E-state index in [9.17, 15) is 0 Å². The summed E-state index contributed by atoms with van der Waals surface area (Å²) in [5, 5.41) is 10.3. The van der Waals surface area contributed by atoms with Crippen LogP contribution in [0.5, 0.6) is 0 Å². The van der Waals surface area contributed by atoms with E-state index in [-0.39, 0.29) is 0 Å². The molecule has 1 aromatic carbocycles. The van der Waals surface area contributed by atoms with Crippen molar-refractivity contribution in [3.63, 3.8) is 0 Å². The summed E-state index contributed by atoms with van der Waals surface area (Å²) in [6.07, 6.45) is 12.4. The summed E-state index contributed by atoms with van der Waals surface area (Å²) in [5.41, 5.74) is 6.73. The number of hydrogen-bond donors (Lipinski definition) is 2. The van der Waals surface area contributed by atoms with Gasteiger partial charge in [0.25, 0.3) is 0 Å². The number of nitrogens with zero attached hydrogens (tertiary/aromatic N) is 3. The van der Waals surface area contributed by atoms with Gasteiger partial charge in [0.1, 0.15) is 5.84 Å². The van der Waals surface area contributed by atoms with Crippen molar-refractivity contribution in [1.29, 1.82) is 0 Å². The van der Waals surface area contributed by atoms with E-state index in [2.05, 4.69) is 57.8 Å². The lowest BCUT2D eigenvalue weighted by molar-refractivity contribution is 0.886. The van der Waals surface area contributed by atoms with Gasteiger partial charge in [0.15, 0.2) is 5.82 Å². The summed E-state index contributed by atoms with van der Waals surface area (Å²) < 4.78 is 0. The van der Waals surface area contributed by atoms with Gasteiger partial charge in [-0.1, -0.05) is 18.9 Å². The van der Waals surface area contributed by atoms with Crippen LogP contribution in [-0.4, -0.2) is 26.7 Å². The number of benzene rings is 1. The Morgan fingerprint density at radius 3 is 2.83 bits per heavy atom. The van der Waals surface area contributed by atoms with Gasteiger partial charge < -0.3 is 5.32 Å². The molecular formula is C23H28N5P. The molecule has 0 radical (unpaired) electrons. The summed E-state index contributed by atoms with van der Waals surface area (Å²) >= 11 is 0. The molecule has 29 heavy (non-hydrogen) atoms. The maximum absolute atomic E-state index is 4.69. The summed E-state index contributed by atoms with van der Waals surface area (Å²) in [5.74, 6) is 1.61. The Kier molecular flexibility index (Phi) is 6.36. The zero-order chi connectivity index (χ0) is 20.1. The van der Waals surface area contributed by atoms with Gasteiger partial charge in [-0.15, -0.1) is 8.58 Å². The Bertz CT molecular complexity index is 975. The van der Waals surface area contributed by atoms with E-state index in [1.807, 2.05) is 25.5 Å². The van der Waals surface area contributed by atoms with E-state index in [0.717, 1.165) is 54.4 Å². The van der Waals surface area contributed by atoms with Gasteiger partial charge in [-0.3, -0.25) is 5.10 Å². The Hall–Kier alpha value is -2.52. The van der Waals surface area contributed by atoms with Crippen LogP contribution >= 0.6 is 8.58 Å². The van der Waals surface area contributed by atoms with Crippen LogP contribution in [0.4, 0.5) is 11.5 Å². The predicted octanol–water partition coefficient (Wildman–Crippen LogP) is 6.06. The molecule has 4 rings (SSSR count). The number of nitrogens with one attached hydrogen (secondary N) is 2. The van der Waals surface area contributed by atoms with Crippen LogP contribution in [0.15, 0.2) is 53.9 Å². The van der Waals surface area contributed by atoms with Gasteiger partial charge in [-0.2, -0.15) is 5.10 Å². The minimum atomic E-state index is 0.774. The standard InChI is InChI=1S/C23H28N5P/c1-16-11-19(20-13-25-26-14-20)7-8-22(16)27-17(2)28-23-12-18(9-10-24-23)15-29-21-5-3-4-6-21/h7-14,21,29H,3-6,15H2,1-2H3,(H,25,26)(H,24,27,28). The Morgan fingerprint density at radius 1 is 1.21 bits per heavy atom. The lowest BCUT2D eigenvalue weighted by Gasteiger charge is -2.11. The van der Waals surface area contributed by atoms with Gasteiger partial charge in [-0.05, 0) is 79.5 Å². The van der Waals surface area contributed by atoms with Crippen LogP contribution in [0.1, 0.15) is 43.7 Å². The lowest BCUT2D eigenvalue weighted by Crippen LogP contribution is -2.08. The van der Waals surface area contributed by atoms with Gasteiger partial charge in [0.05, 0.1) is 6.20 Å². The molecule has 0 saturated heterocycles. The minimum absolute atomic E-state index is 0.774. The highest BCUT2D eigenvalue weighted by atomic mass is 31.1. The number of anilines is 1. The number of aromatic amines is 1. The monoisotopic (exact) mass is 405 g/mol. The van der Waals surface area contributed by atoms with Crippen LogP contribution in [0.2, 0.25) is 0 Å². The maximum atomic E-state index is 4.69. The van der Waals surface area contributed by atoms with Gasteiger partial charge >= 0.3 is 0 Å². The smallest absolute Gasteiger partial charge is 0.154 e. The van der Waals surface area contributed by atoms with E-state index >= 15 is 0 Å². The minimum Gasteiger partial charge on any atom is -0.344 e. The number of aryl methyl sites for hydroxylation is 1. The molecule has 0 bridgehead atoms. The van der Waals surface area contributed by atoms with Crippen LogP contribution in [0.25, 0.3) is 11.1 Å². The van der Waals surface area contributed by atoms with E-state index in [1.54, 1.807) is 0 Å². The topological polar surface area (TPSA) is 66.0 Å². The second-order valence-corrected chi connectivity index (χ2v) is 9.30. The average Bonchev–Trinajstić information content (AvgIpc) is 3.42. The predicted molar refractivity (Wildman–Crippen MR) is 124 cm³/mol. The number of rotatable bonds is 6. The number of aliphatic imine (C=N–C) groups is 1. The van der Waals surface area contributed by atoms with Crippen molar-refractivity contribution in [2.24, 2.45) is 4.99 Å². The van der Waals surface area contributed by atoms with Crippen LogP contribution in [0, 0.1) is 6.92 Å². The molecule has 1 fully saturated rings. The highest BCUT2D eigenvalue weighted by Crippen LogP contribution is 2.36. The molecule has 0 amide bonds. The van der Waals surface area contributed by atoms with Crippen LogP contribution < -0.4 is 5.32 Å². The first-order valence-electron chi connectivity index (χ1n) is 10.3. The second-order valence-electron chi connectivity index (χ2n) is 7.72. The Morgan fingerprint density at radius 2 is 2.07 bits per heavy atom. The molecule has 0 spiro atoms. The molecule has 1 unspecified atom stereocenters. The van der Waals surface area contributed by atoms with Gasteiger partial charge in [0, 0.05) is 23.6 Å². The van der Waals surface area contributed by atoms with E-state index in [1.165, 1.54) is 31.2 Å². The molecule has 2 N–H and O–H groups in total. The SMILES string of the molecule is CC(=Nc1cc(CPC2CCCC2)ccn1)Nc1ccc(-c2cn[nH]c2)cc1C. The van der Waals surface area contributed by atoms with Crippen LogP contribution in [0.3, 0.4) is 0 Å². The van der Waals surface area contributed by atoms with Crippen molar-refractivity contribution in [2.45, 2.75) is 51.4 Å². The molecule has 150 valence electrons. The van der Waals surface area contributed by atoms with E-state index in [0.29, 0.717) is 0 Å². The zero-order valence-corrected chi connectivity index (χ0v) is 18.1. The highest BCUT2D eigenvalue weighted by Gasteiger charge is 2.14. The van der Waals surface area contributed by atoms with Crippen molar-refractivity contribution in [3.05, 3.63) is 60.0 Å². The molecule has 2 heterocycles. The molecule has 1 atom stereocenters. The molecule has 1 aliphatic carbocycles. The van der Waals surface area contributed by atoms with Crippen LogP contribution in [-0.2, 0) is 6.16 Å². The Balaban J connectivity index is 1.41. The normalized spacial score (nSPS) is 15.4.